The molecule has 10 nitrogen and oxygen atoms in total. The predicted octanol–water partition coefficient (Wildman–Crippen LogP) is 9.90. The number of phosphoric acid groups is 1. The molecule has 0 N–H and O–H groups in total. The van der Waals surface area contributed by atoms with E-state index in [0.29, 0.717) is 30.3 Å². The van der Waals surface area contributed by atoms with E-state index in [1.54, 1.807) is 6.08 Å². The lowest BCUT2D eigenvalue weighted by atomic mass is 10.1. The van der Waals surface area contributed by atoms with Crippen molar-refractivity contribution in [2.45, 2.75) is 168 Å². The van der Waals surface area contributed by atoms with Crippen LogP contribution in [0.3, 0.4) is 0 Å². The van der Waals surface area contributed by atoms with E-state index in [2.05, 4.69) is 32.1 Å². The Hall–Kier alpha value is -2.10. The summed E-state index contributed by atoms with van der Waals surface area (Å²) in [6, 6.07) is 0. The maximum absolute atomic E-state index is 12.6. The molecule has 0 rings (SSSR count). The summed E-state index contributed by atoms with van der Waals surface area (Å²) in [4.78, 5) is 49.1. The molecule has 0 fully saturated rings. The van der Waals surface area contributed by atoms with Gasteiger partial charge in [-0.2, -0.15) is 0 Å². The highest BCUT2D eigenvalue weighted by atomic mass is 31.2. The Balaban J connectivity index is 4.48. The fraction of sp³-hybridized carbons (Fsp3) is 0.786. The molecule has 11 heteroatoms. The first-order valence-corrected chi connectivity index (χ1v) is 22.1. The van der Waals surface area contributed by atoms with Crippen molar-refractivity contribution >= 4 is 25.5 Å². The number of carbonyl (C=O) groups excluding carboxylic acids is 3. The molecule has 2 atom stereocenters. The number of allylic oxidation sites excluding steroid dienone is 6. The molecule has 0 saturated heterocycles. The highest BCUT2D eigenvalue weighted by Crippen LogP contribution is 2.38. The third-order valence-corrected chi connectivity index (χ3v) is 9.57. The minimum absolute atomic E-state index is 0.0471. The Morgan fingerprint density at radius 1 is 0.623 bits per heavy atom. The van der Waals surface area contributed by atoms with Crippen LogP contribution in [0.1, 0.15) is 162 Å². The number of nitrogens with zero attached hydrogens (tertiary/aromatic N) is 1. The number of carbonyl (C=O) groups is 3. The third-order valence-electron chi connectivity index (χ3n) is 8.61. The van der Waals surface area contributed by atoms with Crippen molar-refractivity contribution in [1.82, 2.24) is 0 Å². The molecular weight excluding hydrogens is 693 g/mol. The first kappa shape index (κ1) is 50.9. The smallest absolute Gasteiger partial charge is 0.306 e. The van der Waals surface area contributed by atoms with Crippen molar-refractivity contribution in [2.24, 2.45) is 0 Å². The van der Waals surface area contributed by atoms with Gasteiger partial charge in [-0.05, 0) is 63.9 Å². The van der Waals surface area contributed by atoms with Gasteiger partial charge in [0.05, 0.1) is 27.7 Å². The van der Waals surface area contributed by atoms with E-state index in [0.717, 1.165) is 89.9 Å². The van der Waals surface area contributed by atoms with Crippen LogP contribution < -0.4 is 4.89 Å². The van der Waals surface area contributed by atoms with Crippen LogP contribution in [0.4, 0.5) is 0 Å². The number of phosphoric ester groups is 1. The lowest BCUT2D eigenvalue weighted by molar-refractivity contribution is -0.870. The van der Waals surface area contributed by atoms with Gasteiger partial charge in [0.15, 0.2) is 11.9 Å². The van der Waals surface area contributed by atoms with Gasteiger partial charge in [-0.3, -0.25) is 18.9 Å². The minimum Gasteiger partial charge on any atom is -0.756 e. The number of quaternary nitrogens is 1. The van der Waals surface area contributed by atoms with Crippen molar-refractivity contribution in [2.75, 3.05) is 47.5 Å². The summed E-state index contributed by atoms with van der Waals surface area (Å²) in [6.07, 6.45) is 32.9. The zero-order chi connectivity index (χ0) is 39.5. The SMILES string of the molecule is CCCCCC/C=C\CCCCCCCC(=O)O[C@H](COC(=O)CCCCCCC/C=C\C=C\C(=O)CCCCC)COP(=O)([O-])OCC[N+](C)(C)C. The summed E-state index contributed by atoms with van der Waals surface area (Å²) in [5, 5.41) is 0. The van der Waals surface area contributed by atoms with E-state index in [1.807, 2.05) is 33.3 Å². The number of likely N-dealkylation sites (N-methyl/N-ethyl adjacent to an activating group) is 1. The largest absolute Gasteiger partial charge is 0.756 e. The number of hydrogen-bond acceptors (Lipinski definition) is 9. The first-order chi connectivity index (χ1) is 25.4. The Morgan fingerprint density at radius 3 is 1.74 bits per heavy atom. The third kappa shape index (κ3) is 38.0. The maximum atomic E-state index is 12.6. The van der Waals surface area contributed by atoms with Crippen molar-refractivity contribution in [3.63, 3.8) is 0 Å². The minimum atomic E-state index is -4.64. The predicted molar refractivity (Wildman–Crippen MR) is 213 cm³/mol. The summed E-state index contributed by atoms with van der Waals surface area (Å²) < 4.78 is 33.7. The molecule has 0 radical (unpaired) electrons. The molecule has 0 aromatic carbocycles. The molecule has 0 aromatic heterocycles. The molecule has 0 bridgehead atoms. The fourth-order valence-corrected chi connectivity index (χ4v) is 6.00. The van der Waals surface area contributed by atoms with Gasteiger partial charge < -0.3 is 27.9 Å². The van der Waals surface area contributed by atoms with Crippen LogP contribution in [-0.4, -0.2) is 75.8 Å². The Kier molecular flexibility index (Phi) is 33.0. The van der Waals surface area contributed by atoms with Gasteiger partial charge >= 0.3 is 11.9 Å². The van der Waals surface area contributed by atoms with Gasteiger partial charge in [0.25, 0.3) is 7.82 Å². The average molecular weight is 770 g/mol. The maximum Gasteiger partial charge on any atom is 0.306 e. The van der Waals surface area contributed by atoms with Crippen LogP contribution in [-0.2, 0) is 37.5 Å². The van der Waals surface area contributed by atoms with Crippen molar-refractivity contribution < 1.29 is 46.8 Å². The highest BCUT2D eigenvalue weighted by molar-refractivity contribution is 7.45. The molecule has 308 valence electrons. The molecule has 0 aromatic rings. The van der Waals surface area contributed by atoms with Crippen LogP contribution in [0.15, 0.2) is 36.5 Å². The zero-order valence-electron chi connectivity index (χ0n) is 34.2. The second-order valence-corrected chi connectivity index (χ2v) is 16.4. The van der Waals surface area contributed by atoms with Gasteiger partial charge in [-0.25, -0.2) is 0 Å². The van der Waals surface area contributed by atoms with Gasteiger partial charge in [-0.1, -0.05) is 115 Å². The number of unbranched alkanes of at least 4 members (excludes halogenated alkanes) is 16. The van der Waals surface area contributed by atoms with Crippen LogP contribution in [0.5, 0.6) is 0 Å². The first-order valence-electron chi connectivity index (χ1n) is 20.6. The molecule has 0 heterocycles. The molecule has 53 heavy (non-hydrogen) atoms. The quantitative estimate of drug-likeness (QED) is 0.0115. The number of esters is 2. The van der Waals surface area contributed by atoms with E-state index >= 15 is 0 Å². The molecule has 0 amide bonds. The standard InChI is InChI=1S/C42H76NO9P/c1-6-8-10-11-12-13-14-15-16-19-23-26-30-34-42(46)52-40(38-51-53(47,48)50-36-35-43(3,4)5)37-49-41(45)33-29-25-22-20-17-18-21-24-28-32-39(44)31-27-9-7-2/h13-14,21,24,28,32,40H,6-12,15-20,22-23,25-27,29-31,33-38H2,1-5H3/b14-13-,24-21-,32-28+/t40-/m1/s1. The van der Waals surface area contributed by atoms with Crippen LogP contribution in [0.25, 0.3) is 0 Å². The van der Waals surface area contributed by atoms with Crippen molar-refractivity contribution in [3.8, 4) is 0 Å². The Morgan fingerprint density at radius 2 is 1.13 bits per heavy atom. The molecular formula is C42H76NO9P. The van der Waals surface area contributed by atoms with Gasteiger partial charge in [0, 0.05) is 19.3 Å². The molecule has 0 aliphatic rings. The Labute approximate surface area is 323 Å². The fourth-order valence-electron chi connectivity index (χ4n) is 5.28. The highest BCUT2D eigenvalue weighted by Gasteiger charge is 2.21. The van der Waals surface area contributed by atoms with Gasteiger partial charge in [0.1, 0.15) is 19.8 Å². The summed E-state index contributed by atoms with van der Waals surface area (Å²) in [5.41, 5.74) is 0. The van der Waals surface area contributed by atoms with Crippen molar-refractivity contribution in [3.05, 3.63) is 36.5 Å². The van der Waals surface area contributed by atoms with E-state index in [4.69, 9.17) is 18.5 Å². The Bertz CT molecular complexity index is 1070. The van der Waals surface area contributed by atoms with Crippen molar-refractivity contribution in [1.29, 1.82) is 0 Å². The summed E-state index contributed by atoms with van der Waals surface area (Å²) in [6.45, 7) is 3.98. The number of hydrogen-bond donors (Lipinski definition) is 0. The number of rotatable bonds is 37. The normalized spacial score (nSPS) is 13.9. The number of ether oxygens (including phenoxy) is 2. The molecule has 0 saturated carbocycles. The van der Waals surface area contributed by atoms with Gasteiger partial charge in [0.2, 0.25) is 0 Å². The molecule has 0 aliphatic heterocycles. The number of ketones is 1. The lowest BCUT2D eigenvalue weighted by Crippen LogP contribution is -2.37. The molecule has 1 unspecified atom stereocenters. The average Bonchev–Trinajstić information content (AvgIpc) is 3.09. The second kappa shape index (κ2) is 34.4. The summed E-state index contributed by atoms with van der Waals surface area (Å²) in [5.74, 6) is -0.732. The molecule has 0 aliphatic carbocycles. The molecule has 0 spiro atoms. The van der Waals surface area contributed by atoms with Crippen LogP contribution in [0, 0.1) is 0 Å². The second-order valence-electron chi connectivity index (χ2n) is 15.0. The van der Waals surface area contributed by atoms with Gasteiger partial charge in [-0.15, -0.1) is 0 Å². The lowest BCUT2D eigenvalue weighted by Gasteiger charge is -2.28. The topological polar surface area (TPSA) is 128 Å². The summed E-state index contributed by atoms with van der Waals surface area (Å²) >= 11 is 0. The van der Waals surface area contributed by atoms with E-state index in [-0.39, 0.29) is 31.8 Å². The van der Waals surface area contributed by atoms with Crippen LogP contribution in [0.2, 0.25) is 0 Å². The van der Waals surface area contributed by atoms with Crippen LogP contribution >= 0.6 is 7.82 Å². The zero-order valence-corrected chi connectivity index (χ0v) is 35.1. The van der Waals surface area contributed by atoms with E-state index in [9.17, 15) is 23.8 Å². The monoisotopic (exact) mass is 770 g/mol. The summed E-state index contributed by atoms with van der Waals surface area (Å²) in [7, 11) is 1.11. The van der Waals surface area contributed by atoms with E-state index in [1.165, 1.54) is 25.7 Å². The van der Waals surface area contributed by atoms with E-state index < -0.39 is 32.5 Å².